The third-order valence-electron chi connectivity index (χ3n) is 3.49. The maximum atomic E-state index is 13.2. The Morgan fingerprint density at radius 1 is 1.33 bits per heavy atom. The average molecular weight is 252 g/mol. The molecule has 1 saturated carbocycles. The third kappa shape index (κ3) is 2.02. The Balaban J connectivity index is 1.84. The van der Waals surface area contributed by atoms with Crippen molar-refractivity contribution in [1.82, 2.24) is 19.5 Å². The Morgan fingerprint density at radius 3 is 2.78 bits per heavy atom. The molecule has 0 saturated heterocycles. The number of aromatic amines is 1. The van der Waals surface area contributed by atoms with Crippen molar-refractivity contribution >= 4 is 0 Å². The summed E-state index contributed by atoms with van der Waals surface area (Å²) in [5.41, 5.74) is 0.817. The topological polar surface area (TPSA) is 46.5 Å². The average Bonchev–Trinajstić information content (AvgIpc) is 2.99. The molecule has 18 heavy (non-hydrogen) atoms. The molecular weight excluding hydrogens is 238 g/mol. The van der Waals surface area contributed by atoms with Crippen molar-refractivity contribution in [2.75, 3.05) is 0 Å². The molecule has 6 heteroatoms. The molecule has 0 unspecified atom stereocenters. The molecule has 1 N–H and O–H groups in total. The van der Waals surface area contributed by atoms with E-state index in [-0.39, 0.29) is 18.9 Å². The fraction of sp³-hybridized carbons (Fsp3) is 0.500. The Labute approximate surface area is 103 Å². The molecule has 0 aromatic carbocycles. The summed E-state index contributed by atoms with van der Waals surface area (Å²) in [6.07, 6.45) is 7.72. The minimum atomic E-state index is -2.49. The third-order valence-corrected chi connectivity index (χ3v) is 3.49. The number of hydrogen-bond donors (Lipinski definition) is 1. The van der Waals surface area contributed by atoms with E-state index in [4.69, 9.17) is 0 Å². The van der Waals surface area contributed by atoms with Gasteiger partial charge in [-0.05, 0) is 12.8 Å². The van der Waals surface area contributed by atoms with Gasteiger partial charge in [-0.3, -0.25) is 0 Å². The summed E-state index contributed by atoms with van der Waals surface area (Å²) in [6.45, 7) is 0. The van der Waals surface area contributed by atoms with E-state index in [1.165, 1.54) is 0 Å². The molecule has 2 aromatic rings. The maximum absolute atomic E-state index is 13.2. The van der Waals surface area contributed by atoms with Gasteiger partial charge in [-0.25, -0.2) is 18.7 Å². The van der Waals surface area contributed by atoms with Crippen molar-refractivity contribution in [3.05, 3.63) is 24.9 Å². The largest absolute Gasteiger partial charge is 0.342 e. The lowest BCUT2D eigenvalue weighted by molar-refractivity contribution is -0.0438. The Bertz CT molecular complexity index is 508. The van der Waals surface area contributed by atoms with Crippen molar-refractivity contribution in [2.45, 2.75) is 37.6 Å². The molecule has 0 bridgehead atoms. The van der Waals surface area contributed by atoms with Crippen LogP contribution in [0.25, 0.3) is 11.5 Å². The van der Waals surface area contributed by atoms with Crippen molar-refractivity contribution in [3.63, 3.8) is 0 Å². The highest BCUT2D eigenvalue weighted by Gasteiger charge is 2.36. The van der Waals surface area contributed by atoms with Gasteiger partial charge in [-0.2, -0.15) is 0 Å². The monoisotopic (exact) mass is 252 g/mol. The summed E-state index contributed by atoms with van der Waals surface area (Å²) in [5.74, 6) is -1.73. The van der Waals surface area contributed by atoms with Gasteiger partial charge < -0.3 is 9.55 Å². The first-order valence-corrected chi connectivity index (χ1v) is 6.05. The SMILES string of the molecule is FC1(F)CCC(n2ccnc2-c2cnc[nH]2)CC1. The zero-order valence-electron chi connectivity index (χ0n) is 9.81. The predicted molar refractivity (Wildman–Crippen MR) is 62.3 cm³/mol. The lowest BCUT2D eigenvalue weighted by Gasteiger charge is -2.29. The fourth-order valence-corrected chi connectivity index (χ4v) is 2.50. The van der Waals surface area contributed by atoms with Crippen LogP contribution in [0.2, 0.25) is 0 Å². The molecule has 2 heterocycles. The van der Waals surface area contributed by atoms with Gasteiger partial charge in [0.25, 0.3) is 0 Å². The van der Waals surface area contributed by atoms with Gasteiger partial charge in [0, 0.05) is 31.3 Å². The van der Waals surface area contributed by atoms with E-state index >= 15 is 0 Å². The van der Waals surface area contributed by atoms with Gasteiger partial charge in [-0.1, -0.05) is 0 Å². The molecule has 0 spiro atoms. The number of alkyl halides is 2. The first kappa shape index (κ1) is 11.4. The summed E-state index contributed by atoms with van der Waals surface area (Å²) in [6, 6.07) is 0.102. The van der Waals surface area contributed by atoms with Crippen LogP contribution in [0, 0.1) is 0 Å². The van der Waals surface area contributed by atoms with Crippen LogP contribution >= 0.6 is 0 Å². The molecule has 1 fully saturated rings. The normalized spacial score (nSPS) is 20.1. The zero-order valence-corrected chi connectivity index (χ0v) is 9.81. The molecule has 1 aliphatic rings. The van der Waals surface area contributed by atoms with E-state index in [9.17, 15) is 8.78 Å². The smallest absolute Gasteiger partial charge is 0.248 e. The molecule has 0 aliphatic heterocycles. The van der Waals surface area contributed by atoms with E-state index < -0.39 is 5.92 Å². The minimum Gasteiger partial charge on any atom is -0.342 e. The summed E-state index contributed by atoms with van der Waals surface area (Å²) in [4.78, 5) is 11.2. The highest BCUT2D eigenvalue weighted by atomic mass is 19.3. The van der Waals surface area contributed by atoms with E-state index in [1.807, 2.05) is 10.8 Å². The lowest BCUT2D eigenvalue weighted by Crippen LogP contribution is -2.26. The van der Waals surface area contributed by atoms with Crippen molar-refractivity contribution in [2.24, 2.45) is 0 Å². The van der Waals surface area contributed by atoms with E-state index in [2.05, 4.69) is 15.0 Å². The standard InChI is InChI=1S/C12H14F2N4/c13-12(14)3-1-9(2-4-12)18-6-5-16-11(18)10-7-15-8-17-10/h5-9H,1-4H2,(H,15,17). The molecule has 4 nitrogen and oxygen atoms in total. The first-order chi connectivity index (χ1) is 8.66. The molecule has 3 rings (SSSR count). The van der Waals surface area contributed by atoms with E-state index in [1.54, 1.807) is 18.7 Å². The van der Waals surface area contributed by atoms with Gasteiger partial charge in [0.2, 0.25) is 5.92 Å². The molecule has 0 amide bonds. The number of imidazole rings is 2. The quantitative estimate of drug-likeness (QED) is 0.893. The first-order valence-electron chi connectivity index (χ1n) is 6.05. The van der Waals surface area contributed by atoms with Crippen LogP contribution in [-0.2, 0) is 0 Å². The van der Waals surface area contributed by atoms with Crippen LogP contribution < -0.4 is 0 Å². The van der Waals surface area contributed by atoms with Gasteiger partial charge in [0.1, 0.15) is 5.69 Å². The van der Waals surface area contributed by atoms with E-state index in [0.29, 0.717) is 12.8 Å². The zero-order chi connectivity index (χ0) is 12.6. The summed E-state index contributed by atoms with van der Waals surface area (Å²) < 4.78 is 28.3. The van der Waals surface area contributed by atoms with Crippen LogP contribution in [0.4, 0.5) is 8.78 Å². The number of H-pyrrole nitrogens is 1. The van der Waals surface area contributed by atoms with Crippen LogP contribution in [0.1, 0.15) is 31.7 Å². The van der Waals surface area contributed by atoms with Crippen molar-refractivity contribution < 1.29 is 8.78 Å². The fourth-order valence-electron chi connectivity index (χ4n) is 2.50. The number of nitrogens with zero attached hydrogens (tertiary/aromatic N) is 3. The Morgan fingerprint density at radius 2 is 2.11 bits per heavy atom. The second kappa shape index (κ2) is 4.19. The summed E-state index contributed by atoms with van der Waals surface area (Å²) >= 11 is 0. The molecule has 0 atom stereocenters. The number of hydrogen-bond acceptors (Lipinski definition) is 2. The molecule has 96 valence electrons. The van der Waals surface area contributed by atoms with Gasteiger partial charge in [0.05, 0.1) is 12.5 Å². The molecule has 0 radical (unpaired) electrons. The second-order valence-corrected chi connectivity index (χ2v) is 4.71. The van der Waals surface area contributed by atoms with Gasteiger partial charge >= 0.3 is 0 Å². The van der Waals surface area contributed by atoms with Gasteiger partial charge in [-0.15, -0.1) is 0 Å². The van der Waals surface area contributed by atoms with Gasteiger partial charge in [0.15, 0.2) is 5.82 Å². The summed E-state index contributed by atoms with van der Waals surface area (Å²) in [7, 11) is 0. The van der Waals surface area contributed by atoms with Crippen LogP contribution in [-0.4, -0.2) is 25.4 Å². The van der Waals surface area contributed by atoms with Crippen LogP contribution in [0.5, 0.6) is 0 Å². The summed E-state index contributed by atoms with van der Waals surface area (Å²) in [5, 5.41) is 0. The highest BCUT2D eigenvalue weighted by Crippen LogP contribution is 2.39. The Kier molecular flexibility index (Phi) is 2.65. The molecule has 2 aromatic heterocycles. The molecular formula is C12H14F2N4. The van der Waals surface area contributed by atoms with Crippen LogP contribution in [0.15, 0.2) is 24.9 Å². The second-order valence-electron chi connectivity index (χ2n) is 4.71. The minimum absolute atomic E-state index is 0.0434. The lowest BCUT2D eigenvalue weighted by atomic mass is 9.92. The Hall–Kier alpha value is -1.72. The number of nitrogens with one attached hydrogen (secondary N) is 1. The predicted octanol–water partition coefficient (Wildman–Crippen LogP) is 3.02. The van der Waals surface area contributed by atoms with Crippen molar-refractivity contribution in [1.29, 1.82) is 0 Å². The maximum Gasteiger partial charge on any atom is 0.248 e. The van der Waals surface area contributed by atoms with Crippen LogP contribution in [0.3, 0.4) is 0 Å². The van der Waals surface area contributed by atoms with Crippen molar-refractivity contribution in [3.8, 4) is 11.5 Å². The molecule has 1 aliphatic carbocycles. The van der Waals surface area contributed by atoms with E-state index in [0.717, 1.165) is 11.5 Å². The number of aromatic nitrogens is 4. The highest BCUT2D eigenvalue weighted by molar-refractivity contribution is 5.48. The number of rotatable bonds is 2. The number of halogens is 2.